The number of rotatable bonds is 5. The van der Waals surface area contributed by atoms with Gasteiger partial charge in [0.25, 0.3) is 0 Å². The minimum Gasteiger partial charge on any atom is -0.453 e. The Morgan fingerprint density at radius 3 is 2.50 bits per heavy atom. The third kappa shape index (κ3) is 4.59. The molecular weight excluding hydrogens is 369 g/mol. The van der Waals surface area contributed by atoms with Crippen molar-refractivity contribution in [3.63, 3.8) is 0 Å². The summed E-state index contributed by atoms with van der Waals surface area (Å²) in [6, 6.07) is 5.43. The van der Waals surface area contributed by atoms with Gasteiger partial charge in [-0.1, -0.05) is 48.8 Å². The number of carbonyl (C=O) groups excluding carboxylic acids is 1. The average Bonchev–Trinajstić information content (AvgIpc) is 2.81. The number of methoxy groups -OCH3 is 1. The van der Waals surface area contributed by atoms with E-state index in [1.165, 1.54) is 7.11 Å². The summed E-state index contributed by atoms with van der Waals surface area (Å²) in [5.41, 5.74) is 0.959. The van der Waals surface area contributed by atoms with Crippen LogP contribution in [0.2, 0.25) is 10.0 Å². The number of carbonyl (C=O) groups is 1. The van der Waals surface area contributed by atoms with Crippen molar-refractivity contribution in [2.24, 2.45) is 7.05 Å². The number of halogens is 2. The molecule has 0 aliphatic heterocycles. The molecule has 2 aromatic rings. The first-order chi connectivity index (χ1) is 11.3. The van der Waals surface area contributed by atoms with Crippen molar-refractivity contribution in [2.75, 3.05) is 7.11 Å². The van der Waals surface area contributed by atoms with Crippen LogP contribution in [0.1, 0.15) is 31.3 Å². The first-order valence-electron chi connectivity index (χ1n) is 7.33. The van der Waals surface area contributed by atoms with Crippen molar-refractivity contribution in [1.82, 2.24) is 14.9 Å². The lowest BCUT2D eigenvalue weighted by Gasteiger charge is -2.09. The number of nitrogens with zero attached hydrogens (tertiary/aromatic N) is 2. The predicted octanol–water partition coefficient (Wildman–Crippen LogP) is 4.86. The van der Waals surface area contributed by atoms with E-state index in [4.69, 9.17) is 23.2 Å². The van der Waals surface area contributed by atoms with E-state index in [-0.39, 0.29) is 5.92 Å². The van der Waals surface area contributed by atoms with Gasteiger partial charge in [-0.25, -0.2) is 9.78 Å². The monoisotopic (exact) mass is 387 g/mol. The zero-order valence-electron chi connectivity index (χ0n) is 13.9. The summed E-state index contributed by atoms with van der Waals surface area (Å²) >= 11 is 13.7. The molecule has 130 valence electrons. The minimum absolute atomic E-state index is 0.236. The van der Waals surface area contributed by atoms with E-state index in [1.54, 1.807) is 17.8 Å². The van der Waals surface area contributed by atoms with Crippen LogP contribution in [0, 0.1) is 0 Å². The highest BCUT2D eigenvalue weighted by atomic mass is 35.5. The molecule has 0 unspecified atom stereocenters. The molecule has 1 heterocycles. The van der Waals surface area contributed by atoms with Crippen molar-refractivity contribution < 1.29 is 9.53 Å². The van der Waals surface area contributed by atoms with Crippen molar-refractivity contribution in [1.29, 1.82) is 0 Å². The maximum atomic E-state index is 11.3. The van der Waals surface area contributed by atoms with Crippen LogP contribution in [0.25, 0.3) is 0 Å². The Kier molecular flexibility index (Phi) is 6.43. The molecule has 0 spiro atoms. The number of ether oxygens (including phenoxy) is 1. The fourth-order valence-electron chi connectivity index (χ4n) is 2.13. The SMILES string of the molecule is COC(=O)NCc1nc(C(C)C)c(Sc2cc(Cl)cc(Cl)c2)n1C. The summed E-state index contributed by atoms with van der Waals surface area (Å²) in [4.78, 5) is 16.9. The Balaban J connectivity index is 2.33. The number of nitrogens with one attached hydrogen (secondary N) is 1. The fourth-order valence-corrected chi connectivity index (χ4v) is 4.01. The molecule has 0 aliphatic carbocycles. The van der Waals surface area contributed by atoms with Gasteiger partial charge in [0.15, 0.2) is 0 Å². The Morgan fingerprint density at radius 2 is 1.96 bits per heavy atom. The number of aromatic nitrogens is 2. The molecule has 0 fully saturated rings. The average molecular weight is 388 g/mol. The molecule has 1 aromatic carbocycles. The van der Waals surface area contributed by atoms with Crippen LogP contribution < -0.4 is 5.32 Å². The third-order valence-corrected chi connectivity index (χ3v) is 4.92. The van der Waals surface area contributed by atoms with E-state index < -0.39 is 6.09 Å². The molecule has 1 amide bonds. The second-order valence-electron chi connectivity index (χ2n) is 5.48. The number of imidazole rings is 1. The highest BCUT2D eigenvalue weighted by Gasteiger charge is 2.19. The number of amides is 1. The van der Waals surface area contributed by atoms with E-state index in [0.717, 1.165) is 21.4 Å². The van der Waals surface area contributed by atoms with Gasteiger partial charge in [-0.05, 0) is 24.1 Å². The smallest absolute Gasteiger partial charge is 0.407 e. The summed E-state index contributed by atoms with van der Waals surface area (Å²) in [5, 5.41) is 4.82. The van der Waals surface area contributed by atoms with E-state index in [9.17, 15) is 4.79 Å². The third-order valence-electron chi connectivity index (χ3n) is 3.33. The molecule has 0 radical (unpaired) electrons. The van der Waals surface area contributed by atoms with Crippen molar-refractivity contribution in [3.05, 3.63) is 39.8 Å². The van der Waals surface area contributed by atoms with Gasteiger partial charge < -0.3 is 14.6 Å². The molecular formula is C16H19Cl2N3O2S. The first kappa shape index (κ1) is 19.0. The van der Waals surface area contributed by atoms with Crippen LogP contribution in [0.4, 0.5) is 4.79 Å². The van der Waals surface area contributed by atoms with Crippen LogP contribution in [0.3, 0.4) is 0 Å². The molecule has 0 bridgehead atoms. The Labute approximate surface area is 155 Å². The molecule has 8 heteroatoms. The van der Waals surface area contributed by atoms with Gasteiger partial charge in [-0.3, -0.25) is 0 Å². The van der Waals surface area contributed by atoms with Gasteiger partial charge >= 0.3 is 6.09 Å². The maximum Gasteiger partial charge on any atom is 0.407 e. The molecule has 5 nitrogen and oxygen atoms in total. The summed E-state index contributed by atoms with van der Waals surface area (Å²) in [6.45, 7) is 4.45. The topological polar surface area (TPSA) is 56.1 Å². The normalized spacial score (nSPS) is 11.0. The second-order valence-corrected chi connectivity index (χ2v) is 7.42. The molecule has 24 heavy (non-hydrogen) atoms. The van der Waals surface area contributed by atoms with E-state index in [0.29, 0.717) is 16.6 Å². The van der Waals surface area contributed by atoms with E-state index in [2.05, 4.69) is 28.9 Å². The van der Waals surface area contributed by atoms with Gasteiger partial charge in [0, 0.05) is 22.0 Å². The minimum atomic E-state index is -0.486. The van der Waals surface area contributed by atoms with Crippen molar-refractivity contribution in [2.45, 2.75) is 36.2 Å². The lowest BCUT2D eigenvalue weighted by atomic mass is 10.2. The van der Waals surface area contributed by atoms with Crippen LogP contribution in [0.5, 0.6) is 0 Å². The molecule has 1 aromatic heterocycles. The number of alkyl carbamates (subject to hydrolysis) is 1. The molecule has 0 saturated heterocycles. The van der Waals surface area contributed by atoms with E-state index in [1.807, 2.05) is 23.7 Å². The largest absolute Gasteiger partial charge is 0.453 e. The summed E-state index contributed by atoms with van der Waals surface area (Å²) < 4.78 is 6.56. The number of hydrogen-bond acceptors (Lipinski definition) is 4. The van der Waals surface area contributed by atoms with Gasteiger partial charge in [0.1, 0.15) is 10.9 Å². The van der Waals surface area contributed by atoms with Crippen LogP contribution in [0.15, 0.2) is 28.1 Å². The zero-order valence-corrected chi connectivity index (χ0v) is 16.2. The first-order valence-corrected chi connectivity index (χ1v) is 8.90. The molecule has 2 rings (SSSR count). The Hall–Kier alpha value is -1.37. The van der Waals surface area contributed by atoms with Gasteiger partial charge in [0.05, 0.1) is 19.3 Å². The van der Waals surface area contributed by atoms with Crippen molar-refractivity contribution in [3.8, 4) is 0 Å². The number of benzene rings is 1. The van der Waals surface area contributed by atoms with Gasteiger partial charge in [0.2, 0.25) is 0 Å². The zero-order chi connectivity index (χ0) is 17.9. The summed E-state index contributed by atoms with van der Waals surface area (Å²) in [7, 11) is 3.25. The molecule has 0 saturated carbocycles. The van der Waals surface area contributed by atoms with Gasteiger partial charge in [-0.2, -0.15) is 0 Å². The second kappa shape index (κ2) is 8.14. The Bertz CT molecular complexity index is 727. The molecule has 0 atom stereocenters. The molecule has 0 aliphatic rings. The van der Waals surface area contributed by atoms with Crippen LogP contribution >= 0.6 is 35.0 Å². The highest BCUT2D eigenvalue weighted by molar-refractivity contribution is 7.99. The lowest BCUT2D eigenvalue weighted by molar-refractivity contribution is 0.170. The van der Waals surface area contributed by atoms with Crippen LogP contribution in [-0.2, 0) is 18.3 Å². The van der Waals surface area contributed by atoms with E-state index >= 15 is 0 Å². The molecule has 1 N–H and O–H groups in total. The van der Waals surface area contributed by atoms with Gasteiger partial charge in [-0.15, -0.1) is 0 Å². The lowest BCUT2D eigenvalue weighted by Crippen LogP contribution is -2.24. The quantitative estimate of drug-likeness (QED) is 0.795. The fraction of sp³-hybridized carbons (Fsp3) is 0.375. The highest BCUT2D eigenvalue weighted by Crippen LogP contribution is 2.36. The summed E-state index contributed by atoms with van der Waals surface area (Å²) in [5.74, 6) is 0.986. The maximum absolute atomic E-state index is 11.3. The van der Waals surface area contributed by atoms with Crippen LogP contribution in [-0.4, -0.2) is 22.8 Å². The predicted molar refractivity (Wildman–Crippen MR) is 97.1 cm³/mol. The summed E-state index contributed by atoms with van der Waals surface area (Å²) in [6.07, 6.45) is -0.486. The Morgan fingerprint density at radius 1 is 1.33 bits per heavy atom. The standard InChI is InChI=1S/C16H19Cl2N3O2S/c1-9(2)14-15(24-12-6-10(17)5-11(18)7-12)21(3)13(20-14)8-19-16(22)23-4/h5-7,9H,8H2,1-4H3,(H,19,22). The van der Waals surface area contributed by atoms with Crippen molar-refractivity contribution >= 4 is 41.1 Å². The number of hydrogen-bond donors (Lipinski definition) is 1.